The quantitative estimate of drug-likeness (QED) is 0.161. The van der Waals surface area contributed by atoms with E-state index in [2.05, 4.69) is 52.0 Å². The topological polar surface area (TPSA) is 21.1 Å². The van der Waals surface area contributed by atoms with Gasteiger partial charge in [-0.3, -0.25) is 4.90 Å². The second-order valence-electron chi connectivity index (χ2n) is 27.3. The lowest BCUT2D eigenvalue weighted by Crippen LogP contribution is -2.51. The van der Waals surface area contributed by atoms with Crippen molar-refractivity contribution in [3.63, 3.8) is 0 Å². The van der Waals surface area contributed by atoms with E-state index >= 15 is 0 Å². The van der Waals surface area contributed by atoms with Gasteiger partial charge in [0.25, 0.3) is 0 Å². The number of aromatic nitrogens is 2. The number of rotatable bonds is 2. The molecule has 1 saturated heterocycles. The Hall–Kier alpha value is -9.15. The highest BCUT2D eigenvalue weighted by molar-refractivity contribution is 6.82. The minimum absolute atomic E-state index is 0.130. The SMILES string of the molecule is CN1CC23c4c5c6c7c8c9c(c%10c%11c2c2c4c4c%12c5c5c6c6c8c8c%13c9c9c%10c%10c%11c%11c2c2c4c4c%12c%12c5c5c6c8c6c8c%13c9c9c%10c%10c%11c2c2c4c4c%12c5c6c5c8c9c%10c2c45)C73C1c1ccc(-n2ccnc2)cc1. The fourth-order valence-electron chi connectivity index (χ4n) is 26.8. The van der Waals surface area contributed by atoms with Gasteiger partial charge < -0.3 is 4.57 Å². The first kappa shape index (κ1) is 28.3. The van der Waals surface area contributed by atoms with Crippen LogP contribution in [0.15, 0.2) is 43.0 Å². The average Bonchev–Trinajstić information content (AvgIpc) is 2.96. The van der Waals surface area contributed by atoms with Crippen LogP contribution in [-0.2, 0) is 10.8 Å². The molecule has 0 saturated carbocycles. The van der Waals surface area contributed by atoms with Gasteiger partial charge in [0.15, 0.2) is 0 Å². The van der Waals surface area contributed by atoms with Crippen LogP contribution in [0.4, 0.5) is 0 Å². The van der Waals surface area contributed by atoms with E-state index in [4.69, 9.17) is 0 Å². The molecule has 29 aromatic carbocycles. The van der Waals surface area contributed by atoms with Crippen molar-refractivity contribution in [3.05, 3.63) is 70.8 Å². The molecular weight excluding hydrogens is 907 g/mol. The van der Waals surface area contributed by atoms with Gasteiger partial charge in [-0.05, 0) is 338 Å². The van der Waals surface area contributed by atoms with E-state index in [-0.39, 0.29) is 16.9 Å². The molecule has 1 aliphatic heterocycles. The van der Waals surface area contributed by atoms with Crippen molar-refractivity contribution in [1.82, 2.24) is 14.5 Å². The highest BCUT2D eigenvalue weighted by Crippen LogP contribution is 2.87. The predicted molar refractivity (Wildman–Crippen MR) is 313 cm³/mol. The Kier molecular flexibility index (Phi) is 2.48. The molecule has 75 heavy (non-hydrogen) atoms. The maximum Gasteiger partial charge on any atom is 0.0991 e. The molecule has 4 aliphatic carbocycles. The lowest BCUT2D eigenvalue weighted by molar-refractivity contribution is 0.271. The van der Waals surface area contributed by atoms with Crippen LogP contribution in [0.1, 0.15) is 33.9 Å². The molecule has 0 bridgehead atoms. The van der Waals surface area contributed by atoms with Gasteiger partial charge in [0, 0.05) is 30.7 Å². The third-order valence-corrected chi connectivity index (χ3v) is 26.9. The van der Waals surface area contributed by atoms with E-state index in [1.165, 1.54) is 11.3 Å². The van der Waals surface area contributed by atoms with Gasteiger partial charge in [-0.2, -0.15) is 0 Å². The zero-order chi connectivity index (χ0) is 44.7. The van der Waals surface area contributed by atoms with Crippen LogP contribution in [0.2, 0.25) is 0 Å². The third-order valence-electron chi connectivity index (χ3n) is 26.9. The lowest BCUT2D eigenvalue weighted by atomic mass is 9.47. The van der Waals surface area contributed by atoms with E-state index in [1.807, 2.05) is 12.5 Å². The first-order valence-corrected chi connectivity index (χ1v) is 27.9. The molecule has 2 heterocycles. The maximum atomic E-state index is 4.50. The zero-order valence-corrected chi connectivity index (χ0v) is 38.7. The number of likely N-dealkylation sites (N-methyl/N-ethyl adjacent to an activating group) is 1. The number of benzene rings is 19. The Morgan fingerprint density at radius 2 is 0.560 bits per heavy atom. The number of likely N-dealkylation sites (tertiary alicyclic amines) is 1. The van der Waals surface area contributed by atoms with Crippen LogP contribution in [0.25, 0.3) is 297 Å². The Labute approximate surface area is 410 Å². The summed E-state index contributed by atoms with van der Waals surface area (Å²) < 4.78 is 2.19. The minimum Gasteiger partial charge on any atom is -0.306 e. The van der Waals surface area contributed by atoms with Crippen molar-refractivity contribution in [3.8, 4) is 5.69 Å². The van der Waals surface area contributed by atoms with Crippen molar-refractivity contribution in [1.29, 1.82) is 0 Å². The van der Waals surface area contributed by atoms with Crippen LogP contribution >= 0.6 is 0 Å². The van der Waals surface area contributed by atoms with Crippen molar-refractivity contribution in [2.24, 2.45) is 0 Å². The normalized spacial score (nSPS) is 23.1. The summed E-state index contributed by atoms with van der Waals surface area (Å²) in [6, 6.07) is 10.1. The van der Waals surface area contributed by atoms with Crippen molar-refractivity contribution < 1.29 is 0 Å². The summed E-state index contributed by atoms with van der Waals surface area (Å²) in [5.41, 5.74) is 9.07. The van der Waals surface area contributed by atoms with Gasteiger partial charge in [0.1, 0.15) is 0 Å². The summed E-state index contributed by atoms with van der Waals surface area (Å²) in [7, 11) is 2.57. The zero-order valence-electron chi connectivity index (χ0n) is 38.7. The second-order valence-corrected chi connectivity index (χ2v) is 27.3. The number of hydrogen-bond donors (Lipinski definition) is 0. The summed E-state index contributed by atoms with van der Waals surface area (Å²) in [5, 5.41) is 90.0. The molecule has 35 rings (SSSR count). The number of imidazole rings is 1. The van der Waals surface area contributed by atoms with Gasteiger partial charge in [0.2, 0.25) is 0 Å². The van der Waals surface area contributed by atoms with E-state index in [0.29, 0.717) is 0 Å². The smallest absolute Gasteiger partial charge is 0.0991 e. The monoisotopic (exact) mass is 919 g/mol. The Morgan fingerprint density at radius 1 is 0.320 bits per heavy atom. The first-order chi connectivity index (χ1) is 37.3. The Balaban J connectivity index is 1.08. The molecule has 3 nitrogen and oxygen atoms in total. The fraction of sp³-hybridized carbons (Fsp3) is 0.0694. The fourth-order valence-corrected chi connectivity index (χ4v) is 26.8. The van der Waals surface area contributed by atoms with Gasteiger partial charge in [0.05, 0.1) is 17.2 Å². The summed E-state index contributed by atoms with van der Waals surface area (Å²) in [6.45, 7) is 1.02. The van der Waals surface area contributed by atoms with Crippen LogP contribution in [0, 0.1) is 0 Å². The molecule has 0 N–H and O–H groups in total. The molecule has 2 spiro atoms. The molecule has 0 amide bonds. The minimum atomic E-state index is -0.344. The molecule has 1 aromatic heterocycles. The van der Waals surface area contributed by atoms with Crippen LogP contribution in [0.5, 0.6) is 0 Å². The Morgan fingerprint density at radius 3 is 0.800 bits per heavy atom. The van der Waals surface area contributed by atoms with Gasteiger partial charge in [-0.25, -0.2) is 4.98 Å². The third kappa shape index (κ3) is 1.57. The molecule has 1 atom stereocenters. The molecular formula is C72H13N3. The standard InChI is InChI=1S/C72H13N3/c1-74-8-71-66-58-50-40-30-22-14-12-13-16-20-18(14)26-34-28(20)38-32-24(16)25-17(13)21-19-15(12)23(22)31-37-27(19)35-29(21)39-33(25)43-42(32)54-48(38)56-46(34)52(44(50)36(26)30)60(66)62(56)68-64(54)65-55(43)49(39)57-47(35)53-45(37)51(41(31)40)59(58)67(71)61(53)63(57)69(65)72(68,71)70(74)10-2-4-11(5-3-10)75-7-6-73-9-75/h2-7,9,70H,8H2,1H3. The van der Waals surface area contributed by atoms with Crippen LogP contribution < -0.4 is 0 Å². The highest BCUT2D eigenvalue weighted by atomic mass is 15.2. The summed E-state index contributed by atoms with van der Waals surface area (Å²) in [4.78, 5) is 7.45. The van der Waals surface area contributed by atoms with Crippen molar-refractivity contribution >= 4 is 291 Å². The van der Waals surface area contributed by atoms with Crippen LogP contribution in [-0.4, -0.2) is 28.0 Å². The predicted octanol–water partition coefficient (Wildman–Crippen LogP) is 18.2. The molecule has 1 unspecified atom stereocenters. The molecule has 0 radical (unpaired) electrons. The van der Waals surface area contributed by atoms with E-state index < -0.39 is 0 Å². The average molecular weight is 920 g/mol. The van der Waals surface area contributed by atoms with Crippen LogP contribution in [0.3, 0.4) is 0 Å². The molecule has 316 valence electrons. The maximum absolute atomic E-state index is 4.50. The first-order valence-electron chi connectivity index (χ1n) is 27.9. The summed E-state index contributed by atoms with van der Waals surface area (Å²) >= 11 is 0. The molecule has 1 fully saturated rings. The molecule has 30 aromatic rings. The van der Waals surface area contributed by atoms with Crippen molar-refractivity contribution in [2.75, 3.05) is 13.6 Å². The van der Waals surface area contributed by atoms with E-state index in [0.717, 1.165) is 6.54 Å². The second kappa shape index (κ2) is 6.55. The highest BCUT2D eigenvalue weighted by Gasteiger charge is 2.75. The van der Waals surface area contributed by atoms with E-state index in [1.54, 1.807) is 313 Å². The molecule has 5 aliphatic rings. The number of nitrogens with zero attached hydrogens (tertiary/aromatic N) is 3. The Bertz CT molecular complexity index is 7540. The number of hydrogen-bond acceptors (Lipinski definition) is 2. The van der Waals surface area contributed by atoms with Crippen molar-refractivity contribution in [2.45, 2.75) is 16.9 Å². The van der Waals surface area contributed by atoms with Gasteiger partial charge in [-0.1, -0.05) is 12.1 Å². The van der Waals surface area contributed by atoms with Gasteiger partial charge in [-0.15, -0.1) is 0 Å². The van der Waals surface area contributed by atoms with E-state index in [9.17, 15) is 0 Å². The largest absolute Gasteiger partial charge is 0.306 e. The summed E-state index contributed by atoms with van der Waals surface area (Å²) in [6.07, 6.45) is 5.99. The molecule has 3 heteroatoms. The lowest BCUT2D eigenvalue weighted by Gasteiger charge is -2.52. The van der Waals surface area contributed by atoms with Gasteiger partial charge >= 0.3 is 0 Å². The summed E-state index contributed by atoms with van der Waals surface area (Å²) in [5.74, 6) is 0.